The molecule has 0 aromatic heterocycles. The van der Waals surface area contributed by atoms with E-state index in [0.29, 0.717) is 30.5 Å². The largest absolute Gasteiger partial charge is 0.490 e. The van der Waals surface area contributed by atoms with Crippen LogP contribution in [-0.2, 0) is 9.59 Å². The van der Waals surface area contributed by atoms with E-state index in [9.17, 15) is 9.59 Å². The number of rotatable bonds is 3. The fourth-order valence-electron chi connectivity index (χ4n) is 2.59. The summed E-state index contributed by atoms with van der Waals surface area (Å²) in [5.41, 5.74) is 0.307. The molecular formula is C20H30N2O3. The Morgan fingerprint density at radius 1 is 1.32 bits per heavy atom. The van der Waals surface area contributed by atoms with Crippen LogP contribution in [0.2, 0.25) is 0 Å². The summed E-state index contributed by atoms with van der Waals surface area (Å²) in [7, 11) is 0. The standard InChI is InChI=1S/C20H30N2O3/c1-13(2)11-22-15-10-14(21-17(23)19(3,4)5)8-9-16(15)25-12-20(6,7)18(22)24/h8-10,13H,11-12H2,1-7H3,(H,21,23). The number of hydrogen-bond donors (Lipinski definition) is 1. The van der Waals surface area contributed by atoms with E-state index in [1.165, 1.54) is 0 Å². The average Bonchev–Trinajstić information content (AvgIpc) is 2.57. The van der Waals surface area contributed by atoms with E-state index in [-0.39, 0.29) is 11.8 Å². The first kappa shape index (κ1) is 19.3. The van der Waals surface area contributed by atoms with Gasteiger partial charge < -0.3 is 15.0 Å². The van der Waals surface area contributed by atoms with Gasteiger partial charge in [-0.3, -0.25) is 9.59 Å². The molecule has 0 bridgehead atoms. The van der Waals surface area contributed by atoms with Gasteiger partial charge in [-0.05, 0) is 38.0 Å². The number of carbonyl (C=O) groups is 2. The van der Waals surface area contributed by atoms with Crippen molar-refractivity contribution in [3.63, 3.8) is 0 Å². The van der Waals surface area contributed by atoms with Crippen molar-refractivity contribution < 1.29 is 14.3 Å². The molecule has 0 aliphatic carbocycles. The second-order valence-corrected chi connectivity index (χ2v) is 8.87. The Kier molecular flexibility index (Phi) is 5.17. The zero-order chi connectivity index (χ0) is 19.0. The minimum absolute atomic E-state index is 0.0410. The fraction of sp³-hybridized carbons (Fsp3) is 0.600. The number of nitrogens with zero attached hydrogens (tertiary/aromatic N) is 1. The Morgan fingerprint density at radius 3 is 2.52 bits per heavy atom. The van der Waals surface area contributed by atoms with Crippen LogP contribution in [0.5, 0.6) is 5.75 Å². The van der Waals surface area contributed by atoms with Crippen LogP contribution < -0.4 is 15.0 Å². The molecular weight excluding hydrogens is 316 g/mol. The van der Waals surface area contributed by atoms with Gasteiger partial charge in [0.25, 0.3) is 0 Å². The van der Waals surface area contributed by atoms with Crippen molar-refractivity contribution in [3.8, 4) is 5.75 Å². The molecule has 2 amide bonds. The third-order valence-electron chi connectivity index (χ3n) is 4.15. The topological polar surface area (TPSA) is 58.6 Å². The van der Waals surface area contributed by atoms with Gasteiger partial charge in [0.05, 0.1) is 11.1 Å². The highest BCUT2D eigenvalue weighted by Gasteiger charge is 2.38. The average molecular weight is 346 g/mol. The molecule has 5 nitrogen and oxygen atoms in total. The molecule has 0 unspecified atom stereocenters. The van der Waals surface area contributed by atoms with Crippen LogP contribution in [0.3, 0.4) is 0 Å². The Bertz CT molecular complexity index is 672. The summed E-state index contributed by atoms with van der Waals surface area (Å²) in [5.74, 6) is 0.968. The lowest BCUT2D eigenvalue weighted by atomic mass is 9.92. The first-order valence-corrected chi connectivity index (χ1v) is 8.82. The SMILES string of the molecule is CC(C)CN1C(=O)C(C)(C)COc2ccc(NC(=O)C(C)(C)C)cc21. The molecule has 25 heavy (non-hydrogen) atoms. The van der Waals surface area contributed by atoms with Gasteiger partial charge in [0.1, 0.15) is 12.4 Å². The number of hydrogen-bond acceptors (Lipinski definition) is 3. The van der Waals surface area contributed by atoms with Crippen LogP contribution in [0.1, 0.15) is 48.5 Å². The van der Waals surface area contributed by atoms with Crippen molar-refractivity contribution in [2.24, 2.45) is 16.7 Å². The molecule has 0 radical (unpaired) electrons. The molecule has 0 saturated carbocycles. The van der Waals surface area contributed by atoms with Gasteiger partial charge >= 0.3 is 0 Å². The van der Waals surface area contributed by atoms with Crippen molar-refractivity contribution in [3.05, 3.63) is 18.2 Å². The summed E-state index contributed by atoms with van der Waals surface area (Å²) in [5, 5.41) is 2.93. The van der Waals surface area contributed by atoms with Crippen LogP contribution in [0.25, 0.3) is 0 Å². The Labute approximate surface area is 150 Å². The summed E-state index contributed by atoms with van der Waals surface area (Å²) in [6.45, 7) is 14.5. The number of amides is 2. The Morgan fingerprint density at radius 2 is 1.96 bits per heavy atom. The number of nitrogens with one attached hydrogen (secondary N) is 1. The highest BCUT2D eigenvalue weighted by atomic mass is 16.5. The molecule has 1 aliphatic rings. The molecule has 1 aromatic rings. The molecule has 5 heteroatoms. The van der Waals surface area contributed by atoms with Crippen LogP contribution in [0.15, 0.2) is 18.2 Å². The second kappa shape index (κ2) is 6.70. The van der Waals surface area contributed by atoms with E-state index in [2.05, 4.69) is 19.2 Å². The molecule has 0 atom stereocenters. The summed E-state index contributed by atoms with van der Waals surface area (Å²) in [4.78, 5) is 27.1. The number of carbonyl (C=O) groups excluding carboxylic acids is 2. The smallest absolute Gasteiger partial charge is 0.236 e. The number of fused-ring (bicyclic) bond motifs is 1. The quantitative estimate of drug-likeness (QED) is 0.897. The zero-order valence-electron chi connectivity index (χ0n) is 16.4. The molecule has 1 aliphatic heterocycles. The molecule has 0 saturated heterocycles. The highest BCUT2D eigenvalue weighted by molar-refractivity contribution is 6.01. The lowest BCUT2D eigenvalue weighted by Gasteiger charge is -2.29. The molecule has 0 spiro atoms. The van der Waals surface area contributed by atoms with Crippen LogP contribution in [0, 0.1) is 16.7 Å². The van der Waals surface area contributed by atoms with Gasteiger partial charge in [-0.15, -0.1) is 0 Å². The minimum atomic E-state index is -0.595. The maximum absolute atomic E-state index is 13.0. The van der Waals surface area contributed by atoms with Gasteiger partial charge in [-0.1, -0.05) is 34.6 Å². The van der Waals surface area contributed by atoms with Gasteiger partial charge in [0.15, 0.2) is 0 Å². The molecule has 1 aromatic carbocycles. The van der Waals surface area contributed by atoms with Crippen LogP contribution in [-0.4, -0.2) is 25.0 Å². The highest BCUT2D eigenvalue weighted by Crippen LogP contribution is 2.38. The minimum Gasteiger partial charge on any atom is -0.490 e. The van der Waals surface area contributed by atoms with Crippen LogP contribution >= 0.6 is 0 Å². The second-order valence-electron chi connectivity index (χ2n) is 8.87. The Hall–Kier alpha value is -2.04. The summed E-state index contributed by atoms with van der Waals surface area (Å²) >= 11 is 0. The monoisotopic (exact) mass is 346 g/mol. The van der Waals surface area contributed by atoms with E-state index in [1.807, 2.05) is 52.8 Å². The van der Waals surface area contributed by atoms with E-state index in [4.69, 9.17) is 4.74 Å². The van der Waals surface area contributed by atoms with Gasteiger partial charge in [0.2, 0.25) is 11.8 Å². The van der Waals surface area contributed by atoms with Gasteiger partial charge in [-0.25, -0.2) is 0 Å². The first-order chi connectivity index (χ1) is 11.4. The number of ether oxygens (including phenoxy) is 1. The van der Waals surface area contributed by atoms with Crippen molar-refractivity contribution in [1.82, 2.24) is 0 Å². The molecule has 1 N–H and O–H groups in total. The van der Waals surface area contributed by atoms with Crippen molar-refractivity contribution in [2.75, 3.05) is 23.4 Å². The predicted molar refractivity (Wildman–Crippen MR) is 101 cm³/mol. The van der Waals surface area contributed by atoms with Gasteiger partial charge in [0, 0.05) is 17.6 Å². The maximum Gasteiger partial charge on any atom is 0.236 e. The first-order valence-electron chi connectivity index (χ1n) is 8.82. The third kappa shape index (κ3) is 4.33. The predicted octanol–water partition coefficient (Wildman–Crippen LogP) is 4.08. The zero-order valence-corrected chi connectivity index (χ0v) is 16.4. The fourth-order valence-corrected chi connectivity index (χ4v) is 2.59. The summed E-state index contributed by atoms with van der Waals surface area (Å²) in [6.07, 6.45) is 0. The Balaban J connectivity index is 2.43. The maximum atomic E-state index is 13.0. The third-order valence-corrected chi connectivity index (χ3v) is 4.15. The molecule has 138 valence electrons. The normalized spacial score (nSPS) is 17.0. The van der Waals surface area contributed by atoms with Crippen molar-refractivity contribution in [1.29, 1.82) is 0 Å². The van der Waals surface area contributed by atoms with E-state index in [0.717, 1.165) is 5.69 Å². The van der Waals surface area contributed by atoms with Crippen molar-refractivity contribution in [2.45, 2.75) is 48.5 Å². The molecule has 1 heterocycles. The van der Waals surface area contributed by atoms with E-state index >= 15 is 0 Å². The van der Waals surface area contributed by atoms with Gasteiger partial charge in [-0.2, -0.15) is 0 Å². The van der Waals surface area contributed by atoms with E-state index in [1.54, 1.807) is 4.90 Å². The van der Waals surface area contributed by atoms with Crippen molar-refractivity contribution >= 4 is 23.2 Å². The lowest BCUT2D eigenvalue weighted by Crippen LogP contribution is -2.43. The van der Waals surface area contributed by atoms with Crippen LogP contribution in [0.4, 0.5) is 11.4 Å². The van der Waals surface area contributed by atoms with E-state index < -0.39 is 10.8 Å². The number of benzene rings is 1. The summed E-state index contributed by atoms with van der Waals surface area (Å²) in [6, 6.07) is 5.48. The lowest BCUT2D eigenvalue weighted by molar-refractivity contribution is -0.127. The molecule has 2 rings (SSSR count). The molecule has 0 fully saturated rings. The number of anilines is 2. The summed E-state index contributed by atoms with van der Waals surface area (Å²) < 4.78 is 5.90.